The number of carbonyl (C=O) groups is 1. The number of hydrogen-bond acceptors (Lipinski definition) is 2. The number of pyridine rings is 1. The molecule has 0 aliphatic rings. The molecule has 0 saturated carbocycles. The molecule has 0 atom stereocenters. The molecule has 26 heavy (non-hydrogen) atoms. The van der Waals surface area contributed by atoms with Crippen LogP contribution < -0.4 is 10.9 Å². The summed E-state index contributed by atoms with van der Waals surface area (Å²) >= 11 is 23.6. The zero-order chi connectivity index (χ0) is 18.8. The summed E-state index contributed by atoms with van der Waals surface area (Å²) in [5, 5.41) is 3.74. The fraction of sp³-hybridized carbons (Fsp3) is 0. The van der Waals surface area contributed by atoms with E-state index in [2.05, 4.69) is 10.3 Å². The van der Waals surface area contributed by atoms with Crippen molar-refractivity contribution in [3.63, 3.8) is 0 Å². The quantitative estimate of drug-likeness (QED) is 0.510. The highest BCUT2D eigenvalue weighted by Crippen LogP contribution is 2.33. The second-order valence-corrected chi connectivity index (χ2v) is 6.96. The molecule has 0 aliphatic heterocycles. The second kappa shape index (κ2) is 7.72. The van der Waals surface area contributed by atoms with Crippen molar-refractivity contribution in [1.82, 2.24) is 4.98 Å². The van der Waals surface area contributed by atoms with Crippen molar-refractivity contribution >= 4 is 58.0 Å². The first-order chi connectivity index (χ1) is 12.3. The summed E-state index contributed by atoms with van der Waals surface area (Å²) in [6, 6.07) is 12.9. The average Bonchev–Trinajstić information content (AvgIpc) is 2.60. The van der Waals surface area contributed by atoms with Gasteiger partial charge in [-0.15, -0.1) is 0 Å². The van der Waals surface area contributed by atoms with E-state index in [1.165, 1.54) is 18.2 Å². The number of H-pyrrole nitrogens is 1. The highest BCUT2D eigenvalue weighted by atomic mass is 35.5. The highest BCUT2D eigenvalue weighted by Gasteiger charge is 2.14. The second-order valence-electron chi connectivity index (χ2n) is 5.33. The van der Waals surface area contributed by atoms with Gasteiger partial charge in [-0.25, -0.2) is 0 Å². The van der Waals surface area contributed by atoms with Crippen molar-refractivity contribution in [2.45, 2.75) is 0 Å². The number of halogens is 4. The SMILES string of the molecule is O=C(Nc1cc(Cl)c(Cl)c(Cl)c1)c1ccc(-c2ccc(Cl)cc2)[nH]c1=O. The van der Waals surface area contributed by atoms with Gasteiger partial charge in [0, 0.05) is 16.4 Å². The number of anilines is 1. The first-order valence-corrected chi connectivity index (χ1v) is 8.81. The standard InChI is InChI=1S/C18H10Cl4N2O2/c19-10-3-1-9(2-4-10)15-6-5-12(18(26)24-15)17(25)23-11-7-13(20)16(22)14(21)8-11/h1-8H,(H,23,25)(H,24,26). The fourth-order valence-corrected chi connectivity index (χ4v) is 3.00. The number of carbonyl (C=O) groups excluding carboxylic acids is 1. The number of rotatable bonds is 3. The van der Waals surface area contributed by atoms with Gasteiger partial charge in [-0.05, 0) is 42.0 Å². The van der Waals surface area contributed by atoms with Crippen LogP contribution in [0.3, 0.4) is 0 Å². The Morgan fingerprint density at radius 1 is 0.885 bits per heavy atom. The topological polar surface area (TPSA) is 62.0 Å². The number of aromatic nitrogens is 1. The van der Waals surface area contributed by atoms with Gasteiger partial charge in [0.05, 0.1) is 15.1 Å². The molecule has 0 radical (unpaired) electrons. The minimum atomic E-state index is -0.594. The van der Waals surface area contributed by atoms with Crippen molar-refractivity contribution in [2.75, 3.05) is 5.32 Å². The van der Waals surface area contributed by atoms with Crippen LogP contribution in [0.4, 0.5) is 5.69 Å². The van der Waals surface area contributed by atoms with Gasteiger partial charge in [0.25, 0.3) is 11.5 Å². The van der Waals surface area contributed by atoms with Gasteiger partial charge in [-0.3, -0.25) is 9.59 Å². The third-order valence-corrected chi connectivity index (χ3v) is 5.00. The van der Waals surface area contributed by atoms with Crippen LogP contribution in [-0.2, 0) is 0 Å². The van der Waals surface area contributed by atoms with Gasteiger partial charge in [0.1, 0.15) is 5.56 Å². The van der Waals surface area contributed by atoms with Crippen LogP contribution in [0.15, 0.2) is 53.3 Å². The molecule has 1 amide bonds. The minimum absolute atomic E-state index is 0.0510. The van der Waals surface area contributed by atoms with Gasteiger partial charge < -0.3 is 10.3 Å². The van der Waals surface area contributed by atoms with Gasteiger partial charge in [-0.1, -0.05) is 58.5 Å². The molecule has 1 aromatic heterocycles. The molecule has 132 valence electrons. The first kappa shape index (κ1) is 18.8. The Bertz CT molecular complexity index is 1020. The molecule has 8 heteroatoms. The van der Waals surface area contributed by atoms with Crippen molar-refractivity contribution in [3.8, 4) is 11.3 Å². The van der Waals surface area contributed by atoms with E-state index in [-0.39, 0.29) is 20.6 Å². The third-order valence-electron chi connectivity index (χ3n) is 3.55. The van der Waals surface area contributed by atoms with Crippen LogP contribution in [-0.4, -0.2) is 10.9 Å². The Balaban J connectivity index is 1.86. The molecule has 0 spiro atoms. The van der Waals surface area contributed by atoms with E-state index in [1.54, 1.807) is 30.3 Å². The molecule has 3 aromatic rings. The molecule has 0 saturated heterocycles. The maximum atomic E-state index is 12.4. The molecule has 2 N–H and O–H groups in total. The Morgan fingerprint density at radius 3 is 2.08 bits per heavy atom. The van der Waals surface area contributed by atoms with E-state index in [0.29, 0.717) is 16.4 Å². The van der Waals surface area contributed by atoms with Crippen molar-refractivity contribution in [1.29, 1.82) is 0 Å². The van der Waals surface area contributed by atoms with Gasteiger partial charge in [0.15, 0.2) is 0 Å². The van der Waals surface area contributed by atoms with E-state index in [4.69, 9.17) is 46.4 Å². The zero-order valence-electron chi connectivity index (χ0n) is 12.9. The Morgan fingerprint density at radius 2 is 1.50 bits per heavy atom. The predicted octanol–water partition coefficient (Wildman–Crippen LogP) is 5.91. The van der Waals surface area contributed by atoms with E-state index in [1.807, 2.05) is 0 Å². The Labute approximate surface area is 168 Å². The third kappa shape index (κ3) is 4.05. The van der Waals surface area contributed by atoms with Crippen LogP contribution >= 0.6 is 46.4 Å². The van der Waals surface area contributed by atoms with E-state index < -0.39 is 11.5 Å². The normalized spacial score (nSPS) is 10.6. The molecule has 3 rings (SSSR count). The zero-order valence-corrected chi connectivity index (χ0v) is 16.0. The van der Waals surface area contributed by atoms with Crippen LogP contribution in [0.5, 0.6) is 0 Å². The van der Waals surface area contributed by atoms with E-state index in [9.17, 15) is 9.59 Å². The van der Waals surface area contributed by atoms with Crippen LogP contribution in [0, 0.1) is 0 Å². The lowest BCUT2D eigenvalue weighted by molar-refractivity contribution is 0.102. The van der Waals surface area contributed by atoms with Crippen LogP contribution in [0.1, 0.15) is 10.4 Å². The summed E-state index contributed by atoms with van der Waals surface area (Å²) in [6.45, 7) is 0. The number of hydrogen-bond donors (Lipinski definition) is 2. The molecule has 4 nitrogen and oxygen atoms in total. The molecular weight excluding hydrogens is 418 g/mol. The summed E-state index contributed by atoms with van der Waals surface area (Å²) in [5.74, 6) is -0.594. The molecule has 2 aromatic carbocycles. The number of amides is 1. The number of nitrogens with one attached hydrogen (secondary N) is 2. The van der Waals surface area contributed by atoms with E-state index in [0.717, 1.165) is 5.56 Å². The molecule has 0 fully saturated rings. The van der Waals surface area contributed by atoms with Gasteiger partial charge >= 0.3 is 0 Å². The smallest absolute Gasteiger partial charge is 0.261 e. The largest absolute Gasteiger partial charge is 0.322 e. The number of benzene rings is 2. The summed E-state index contributed by atoms with van der Waals surface area (Å²) in [6.07, 6.45) is 0. The van der Waals surface area contributed by atoms with Crippen molar-refractivity contribution in [2.24, 2.45) is 0 Å². The molecule has 0 aliphatic carbocycles. The first-order valence-electron chi connectivity index (χ1n) is 7.30. The Hall–Kier alpha value is -1.98. The summed E-state index contributed by atoms with van der Waals surface area (Å²) in [7, 11) is 0. The monoisotopic (exact) mass is 426 g/mol. The average molecular weight is 428 g/mol. The molecule has 0 bridgehead atoms. The lowest BCUT2D eigenvalue weighted by Gasteiger charge is -2.08. The van der Waals surface area contributed by atoms with E-state index >= 15 is 0 Å². The summed E-state index contributed by atoms with van der Waals surface area (Å²) < 4.78 is 0. The van der Waals surface area contributed by atoms with Gasteiger partial charge in [0.2, 0.25) is 0 Å². The molecular formula is C18H10Cl4N2O2. The van der Waals surface area contributed by atoms with Crippen LogP contribution in [0.25, 0.3) is 11.3 Å². The van der Waals surface area contributed by atoms with Gasteiger partial charge in [-0.2, -0.15) is 0 Å². The molecule has 1 heterocycles. The fourth-order valence-electron chi connectivity index (χ4n) is 2.28. The predicted molar refractivity (Wildman–Crippen MR) is 107 cm³/mol. The lowest BCUT2D eigenvalue weighted by atomic mass is 10.1. The molecule has 0 unspecified atom stereocenters. The summed E-state index contributed by atoms with van der Waals surface area (Å²) in [4.78, 5) is 27.3. The summed E-state index contributed by atoms with van der Waals surface area (Å²) in [5.41, 5.74) is 1.09. The van der Waals surface area contributed by atoms with Crippen molar-refractivity contribution < 1.29 is 4.79 Å². The Kier molecular flexibility index (Phi) is 5.58. The minimum Gasteiger partial charge on any atom is -0.322 e. The van der Waals surface area contributed by atoms with Crippen molar-refractivity contribution in [3.05, 3.63) is 84.5 Å². The van der Waals surface area contributed by atoms with Crippen LogP contribution in [0.2, 0.25) is 20.1 Å². The number of aromatic amines is 1. The lowest BCUT2D eigenvalue weighted by Crippen LogP contribution is -2.23. The highest BCUT2D eigenvalue weighted by molar-refractivity contribution is 6.48. The maximum absolute atomic E-state index is 12.4. The maximum Gasteiger partial charge on any atom is 0.261 e.